The molecular weight excluding hydrogens is 220 g/mol. The zero-order chi connectivity index (χ0) is 11.9. The molecule has 1 aromatic rings. The van der Waals surface area contributed by atoms with E-state index in [0.29, 0.717) is 13.1 Å². The third-order valence-corrected chi connectivity index (χ3v) is 2.72. The van der Waals surface area contributed by atoms with E-state index in [-0.39, 0.29) is 12.0 Å². The van der Waals surface area contributed by atoms with Crippen molar-refractivity contribution in [3.05, 3.63) is 24.2 Å². The van der Waals surface area contributed by atoms with Gasteiger partial charge in [-0.25, -0.2) is 0 Å². The Kier molecular flexibility index (Phi) is 4.58. The van der Waals surface area contributed by atoms with Crippen LogP contribution in [0.1, 0.15) is 18.6 Å². The van der Waals surface area contributed by atoms with Crippen LogP contribution >= 0.6 is 0 Å². The van der Waals surface area contributed by atoms with Crippen LogP contribution in [0.2, 0.25) is 0 Å². The molecule has 17 heavy (non-hydrogen) atoms. The molecule has 94 valence electrons. The summed E-state index contributed by atoms with van der Waals surface area (Å²) in [6.45, 7) is 2.35. The van der Waals surface area contributed by atoms with Gasteiger partial charge in [0.1, 0.15) is 5.76 Å². The van der Waals surface area contributed by atoms with Crippen LogP contribution in [0.5, 0.6) is 0 Å². The highest BCUT2D eigenvalue weighted by atomic mass is 16.5. The van der Waals surface area contributed by atoms with Gasteiger partial charge in [-0.05, 0) is 25.0 Å². The summed E-state index contributed by atoms with van der Waals surface area (Å²) in [5.74, 6) is 0.733. The standard InChI is InChI=1S/C12H18N2O3/c15-12(14-8-11-4-2-6-17-11)9-13-7-10-3-1-5-16-10/h2,4,6,10,13H,1,3,5,7-9H2,(H,14,15)/t10-/m0/s1. The molecule has 1 aliphatic rings. The van der Waals surface area contributed by atoms with E-state index in [0.717, 1.165) is 31.8 Å². The lowest BCUT2D eigenvalue weighted by atomic mass is 10.2. The molecule has 0 spiro atoms. The average Bonchev–Trinajstić information content (AvgIpc) is 2.99. The first-order valence-electron chi connectivity index (χ1n) is 5.96. The van der Waals surface area contributed by atoms with Gasteiger partial charge in [-0.3, -0.25) is 4.79 Å². The first-order chi connectivity index (χ1) is 8.34. The normalized spacial score (nSPS) is 19.4. The van der Waals surface area contributed by atoms with E-state index in [1.807, 2.05) is 6.07 Å². The molecule has 1 aliphatic heterocycles. The van der Waals surface area contributed by atoms with Crippen molar-refractivity contribution in [1.29, 1.82) is 0 Å². The van der Waals surface area contributed by atoms with Crippen LogP contribution in [0.25, 0.3) is 0 Å². The van der Waals surface area contributed by atoms with Crippen molar-refractivity contribution in [3.8, 4) is 0 Å². The predicted octanol–water partition coefficient (Wildman–Crippen LogP) is 0.664. The molecule has 0 bridgehead atoms. The summed E-state index contributed by atoms with van der Waals surface area (Å²) in [7, 11) is 0. The molecule has 5 nitrogen and oxygen atoms in total. The SMILES string of the molecule is O=C(CNC[C@@H]1CCCO1)NCc1ccco1. The molecule has 1 atom stereocenters. The third kappa shape index (κ3) is 4.20. The van der Waals surface area contributed by atoms with Crippen LogP contribution in [0.3, 0.4) is 0 Å². The smallest absolute Gasteiger partial charge is 0.234 e. The molecule has 2 heterocycles. The Morgan fingerprint density at radius 3 is 3.18 bits per heavy atom. The number of hydrogen-bond acceptors (Lipinski definition) is 4. The fraction of sp³-hybridized carbons (Fsp3) is 0.583. The van der Waals surface area contributed by atoms with Gasteiger partial charge in [0.05, 0.1) is 25.5 Å². The minimum Gasteiger partial charge on any atom is -0.467 e. The number of hydrogen-bond donors (Lipinski definition) is 2. The number of carbonyl (C=O) groups is 1. The fourth-order valence-electron chi connectivity index (χ4n) is 1.81. The summed E-state index contributed by atoms with van der Waals surface area (Å²) in [6.07, 6.45) is 4.07. The molecule has 0 unspecified atom stereocenters. The highest BCUT2D eigenvalue weighted by Crippen LogP contribution is 2.10. The van der Waals surface area contributed by atoms with Gasteiger partial charge >= 0.3 is 0 Å². The van der Waals surface area contributed by atoms with Crippen LogP contribution in [-0.2, 0) is 16.1 Å². The zero-order valence-electron chi connectivity index (χ0n) is 9.78. The van der Waals surface area contributed by atoms with Gasteiger partial charge in [0.2, 0.25) is 5.91 Å². The van der Waals surface area contributed by atoms with Crippen molar-refractivity contribution in [1.82, 2.24) is 10.6 Å². The molecule has 0 aliphatic carbocycles. The second-order valence-electron chi connectivity index (χ2n) is 4.12. The van der Waals surface area contributed by atoms with E-state index in [1.54, 1.807) is 12.3 Å². The van der Waals surface area contributed by atoms with E-state index in [4.69, 9.17) is 9.15 Å². The summed E-state index contributed by atoms with van der Waals surface area (Å²) in [4.78, 5) is 11.5. The Morgan fingerprint density at radius 1 is 1.53 bits per heavy atom. The van der Waals surface area contributed by atoms with Gasteiger partial charge in [0.15, 0.2) is 0 Å². The lowest BCUT2D eigenvalue weighted by Gasteiger charge is -2.10. The van der Waals surface area contributed by atoms with Crippen LogP contribution < -0.4 is 10.6 Å². The van der Waals surface area contributed by atoms with E-state index in [1.165, 1.54) is 0 Å². The molecule has 1 amide bonds. The van der Waals surface area contributed by atoms with Crippen molar-refractivity contribution >= 4 is 5.91 Å². The maximum atomic E-state index is 11.5. The van der Waals surface area contributed by atoms with E-state index in [2.05, 4.69) is 10.6 Å². The van der Waals surface area contributed by atoms with E-state index < -0.39 is 0 Å². The van der Waals surface area contributed by atoms with Crippen molar-refractivity contribution in [3.63, 3.8) is 0 Å². The molecule has 2 N–H and O–H groups in total. The number of carbonyl (C=O) groups excluding carboxylic acids is 1. The molecular formula is C12H18N2O3. The number of amides is 1. The van der Waals surface area contributed by atoms with E-state index in [9.17, 15) is 4.79 Å². The van der Waals surface area contributed by atoms with Crippen LogP contribution in [0.15, 0.2) is 22.8 Å². The Balaban J connectivity index is 1.54. The monoisotopic (exact) mass is 238 g/mol. The molecule has 1 saturated heterocycles. The Hall–Kier alpha value is -1.33. The second kappa shape index (κ2) is 6.42. The van der Waals surface area contributed by atoms with Crippen molar-refractivity contribution in [2.24, 2.45) is 0 Å². The van der Waals surface area contributed by atoms with Gasteiger partial charge in [0.25, 0.3) is 0 Å². The van der Waals surface area contributed by atoms with Gasteiger partial charge < -0.3 is 19.8 Å². The maximum absolute atomic E-state index is 11.5. The molecule has 1 fully saturated rings. The topological polar surface area (TPSA) is 63.5 Å². The molecule has 0 radical (unpaired) electrons. The van der Waals surface area contributed by atoms with Gasteiger partial charge in [-0.15, -0.1) is 0 Å². The van der Waals surface area contributed by atoms with Crippen LogP contribution in [0, 0.1) is 0 Å². The quantitative estimate of drug-likeness (QED) is 0.764. The third-order valence-electron chi connectivity index (χ3n) is 2.72. The van der Waals surface area contributed by atoms with Crippen molar-refractivity contribution in [2.45, 2.75) is 25.5 Å². The van der Waals surface area contributed by atoms with E-state index >= 15 is 0 Å². The van der Waals surface area contributed by atoms with Gasteiger partial charge in [-0.1, -0.05) is 0 Å². The predicted molar refractivity (Wildman–Crippen MR) is 62.4 cm³/mol. The molecule has 0 saturated carbocycles. The minimum absolute atomic E-state index is 0.0283. The van der Waals surface area contributed by atoms with Gasteiger partial charge in [0, 0.05) is 13.2 Å². The summed E-state index contributed by atoms with van der Waals surface area (Å²) < 4.78 is 10.6. The van der Waals surface area contributed by atoms with Crippen molar-refractivity contribution in [2.75, 3.05) is 19.7 Å². The maximum Gasteiger partial charge on any atom is 0.234 e. The second-order valence-corrected chi connectivity index (χ2v) is 4.12. The number of furan rings is 1. The number of rotatable bonds is 6. The first-order valence-corrected chi connectivity index (χ1v) is 5.96. The van der Waals surface area contributed by atoms with Crippen molar-refractivity contribution < 1.29 is 13.9 Å². The first kappa shape index (κ1) is 12.1. The molecule has 0 aromatic carbocycles. The summed E-state index contributed by atoms with van der Waals surface area (Å²) >= 11 is 0. The summed E-state index contributed by atoms with van der Waals surface area (Å²) in [6, 6.07) is 3.64. The fourth-order valence-corrected chi connectivity index (χ4v) is 1.81. The molecule has 1 aromatic heterocycles. The minimum atomic E-state index is -0.0283. The number of nitrogens with one attached hydrogen (secondary N) is 2. The largest absolute Gasteiger partial charge is 0.467 e. The lowest BCUT2D eigenvalue weighted by Crippen LogP contribution is -2.36. The molecule has 2 rings (SSSR count). The average molecular weight is 238 g/mol. The Labute approximate surface area is 101 Å². The highest BCUT2D eigenvalue weighted by molar-refractivity contribution is 5.77. The number of ether oxygens (including phenoxy) is 1. The Morgan fingerprint density at radius 2 is 2.47 bits per heavy atom. The zero-order valence-corrected chi connectivity index (χ0v) is 9.78. The van der Waals surface area contributed by atoms with Gasteiger partial charge in [-0.2, -0.15) is 0 Å². The summed E-state index contributed by atoms with van der Waals surface area (Å²) in [5, 5.41) is 5.86. The van der Waals surface area contributed by atoms with Crippen LogP contribution in [0.4, 0.5) is 0 Å². The lowest BCUT2D eigenvalue weighted by molar-refractivity contribution is -0.120. The highest BCUT2D eigenvalue weighted by Gasteiger charge is 2.14. The van der Waals surface area contributed by atoms with Crippen LogP contribution in [-0.4, -0.2) is 31.7 Å². The Bertz CT molecular complexity index is 332. The summed E-state index contributed by atoms with van der Waals surface area (Å²) in [5.41, 5.74) is 0. The molecule has 5 heteroatoms.